The Labute approximate surface area is 134 Å². The minimum Gasteiger partial charge on any atom is -0.280 e. The summed E-state index contributed by atoms with van der Waals surface area (Å²) in [5.74, 6) is -0.417. The van der Waals surface area contributed by atoms with Gasteiger partial charge in [-0.15, -0.1) is 0 Å². The van der Waals surface area contributed by atoms with Gasteiger partial charge in [-0.3, -0.25) is 4.72 Å². The van der Waals surface area contributed by atoms with Crippen molar-refractivity contribution in [2.75, 3.05) is 4.72 Å². The molecule has 1 N–H and O–H groups in total. The van der Waals surface area contributed by atoms with Gasteiger partial charge in [-0.25, -0.2) is 12.8 Å². The van der Waals surface area contributed by atoms with E-state index in [-0.39, 0.29) is 4.90 Å². The molecule has 0 aromatic heterocycles. The van der Waals surface area contributed by atoms with Crippen molar-refractivity contribution >= 4 is 15.7 Å². The van der Waals surface area contributed by atoms with Crippen molar-refractivity contribution in [1.29, 1.82) is 0 Å². The van der Waals surface area contributed by atoms with Crippen molar-refractivity contribution in [3.05, 3.63) is 84.7 Å². The van der Waals surface area contributed by atoms with Crippen molar-refractivity contribution in [2.24, 2.45) is 0 Å². The topological polar surface area (TPSA) is 46.2 Å². The zero-order valence-corrected chi connectivity index (χ0v) is 12.9. The summed E-state index contributed by atoms with van der Waals surface area (Å²) in [6.45, 7) is 0. The Kier molecular flexibility index (Phi) is 4.12. The third kappa shape index (κ3) is 3.57. The Hall–Kier alpha value is -2.66. The maximum Gasteiger partial charge on any atom is 0.261 e. The van der Waals surface area contributed by atoms with Gasteiger partial charge in [0.05, 0.1) is 4.90 Å². The zero-order chi connectivity index (χ0) is 16.3. The van der Waals surface area contributed by atoms with E-state index in [0.717, 1.165) is 11.1 Å². The fourth-order valence-electron chi connectivity index (χ4n) is 2.19. The second kappa shape index (κ2) is 6.22. The third-order valence-electron chi connectivity index (χ3n) is 3.37. The normalized spacial score (nSPS) is 11.2. The Morgan fingerprint density at radius 3 is 1.87 bits per heavy atom. The predicted octanol–water partition coefficient (Wildman–Crippen LogP) is 4.29. The number of rotatable bonds is 4. The monoisotopic (exact) mass is 327 g/mol. The van der Waals surface area contributed by atoms with E-state index in [0.29, 0.717) is 5.69 Å². The molecule has 3 aromatic rings. The van der Waals surface area contributed by atoms with E-state index >= 15 is 0 Å². The first kappa shape index (κ1) is 15.2. The smallest absolute Gasteiger partial charge is 0.261 e. The van der Waals surface area contributed by atoms with Crippen molar-refractivity contribution in [3.63, 3.8) is 0 Å². The molecule has 0 aliphatic rings. The highest BCUT2D eigenvalue weighted by atomic mass is 32.2. The summed E-state index contributed by atoms with van der Waals surface area (Å²) in [7, 11) is -3.70. The lowest BCUT2D eigenvalue weighted by molar-refractivity contribution is 0.601. The van der Waals surface area contributed by atoms with E-state index in [1.54, 1.807) is 24.3 Å². The molecule has 116 valence electrons. The van der Waals surface area contributed by atoms with Gasteiger partial charge in [-0.05, 0) is 47.5 Å². The lowest BCUT2D eigenvalue weighted by Crippen LogP contribution is -2.12. The molecular weight excluding hydrogens is 313 g/mol. The number of sulfonamides is 1. The standard InChI is InChI=1S/C18H14FNO2S/c19-16-8-10-17(11-9-16)20-23(21,22)18-12-6-15(7-13-18)14-4-2-1-3-5-14/h1-13,20H. The average Bonchev–Trinajstić information content (AvgIpc) is 2.58. The zero-order valence-electron chi connectivity index (χ0n) is 12.1. The van der Waals surface area contributed by atoms with E-state index in [1.165, 1.54) is 24.3 Å². The predicted molar refractivity (Wildman–Crippen MR) is 89.1 cm³/mol. The van der Waals surface area contributed by atoms with Crippen LogP contribution in [0.5, 0.6) is 0 Å². The molecule has 0 aliphatic carbocycles. The fraction of sp³-hybridized carbons (Fsp3) is 0. The van der Waals surface area contributed by atoms with E-state index in [9.17, 15) is 12.8 Å². The van der Waals surface area contributed by atoms with Crippen LogP contribution in [-0.2, 0) is 10.0 Å². The lowest BCUT2D eigenvalue weighted by Gasteiger charge is -2.09. The van der Waals surface area contributed by atoms with Gasteiger partial charge in [0.25, 0.3) is 10.0 Å². The Morgan fingerprint density at radius 1 is 0.696 bits per heavy atom. The van der Waals surface area contributed by atoms with Gasteiger partial charge >= 0.3 is 0 Å². The van der Waals surface area contributed by atoms with Crippen LogP contribution in [-0.4, -0.2) is 8.42 Å². The van der Waals surface area contributed by atoms with Gasteiger partial charge in [-0.2, -0.15) is 0 Å². The van der Waals surface area contributed by atoms with E-state index < -0.39 is 15.8 Å². The largest absolute Gasteiger partial charge is 0.280 e. The molecule has 0 amide bonds. The fourth-order valence-corrected chi connectivity index (χ4v) is 3.25. The van der Waals surface area contributed by atoms with Gasteiger partial charge in [0, 0.05) is 5.69 Å². The number of hydrogen-bond donors (Lipinski definition) is 1. The van der Waals surface area contributed by atoms with Crippen LogP contribution in [0.1, 0.15) is 0 Å². The summed E-state index contributed by atoms with van der Waals surface area (Å²) < 4.78 is 40.0. The molecule has 5 heteroatoms. The second-order valence-electron chi connectivity index (χ2n) is 5.00. The second-order valence-corrected chi connectivity index (χ2v) is 6.69. The highest BCUT2D eigenvalue weighted by molar-refractivity contribution is 7.92. The van der Waals surface area contributed by atoms with Crippen LogP contribution in [0.2, 0.25) is 0 Å². The molecule has 0 fully saturated rings. The van der Waals surface area contributed by atoms with Crippen LogP contribution >= 0.6 is 0 Å². The minimum atomic E-state index is -3.70. The molecule has 0 atom stereocenters. The maximum atomic E-state index is 12.9. The molecule has 0 saturated carbocycles. The molecule has 0 unspecified atom stereocenters. The quantitative estimate of drug-likeness (QED) is 0.777. The minimum absolute atomic E-state index is 0.154. The summed E-state index contributed by atoms with van der Waals surface area (Å²) in [5.41, 5.74) is 2.27. The van der Waals surface area contributed by atoms with E-state index in [4.69, 9.17) is 0 Å². The number of anilines is 1. The van der Waals surface area contributed by atoms with E-state index in [1.807, 2.05) is 30.3 Å². The molecule has 0 spiro atoms. The van der Waals surface area contributed by atoms with Crippen LogP contribution < -0.4 is 4.72 Å². The van der Waals surface area contributed by atoms with Crippen LogP contribution in [0.25, 0.3) is 11.1 Å². The van der Waals surface area contributed by atoms with Crippen molar-refractivity contribution in [1.82, 2.24) is 0 Å². The third-order valence-corrected chi connectivity index (χ3v) is 4.77. The number of halogens is 1. The molecule has 0 heterocycles. The average molecular weight is 327 g/mol. The van der Waals surface area contributed by atoms with Crippen LogP contribution in [0.3, 0.4) is 0 Å². The first-order valence-corrected chi connectivity index (χ1v) is 8.47. The molecule has 3 rings (SSSR count). The lowest BCUT2D eigenvalue weighted by atomic mass is 10.1. The maximum absolute atomic E-state index is 12.9. The summed E-state index contributed by atoms with van der Waals surface area (Å²) in [6.07, 6.45) is 0. The van der Waals surface area contributed by atoms with Crippen LogP contribution in [0.4, 0.5) is 10.1 Å². The first-order chi connectivity index (χ1) is 11.0. The Bertz CT molecular complexity index is 890. The van der Waals surface area contributed by atoms with Crippen molar-refractivity contribution in [2.45, 2.75) is 4.90 Å². The molecule has 0 radical (unpaired) electrons. The van der Waals surface area contributed by atoms with Gasteiger partial charge in [0.1, 0.15) is 5.82 Å². The molecule has 0 bridgehead atoms. The molecule has 3 aromatic carbocycles. The molecule has 23 heavy (non-hydrogen) atoms. The molecule has 0 aliphatic heterocycles. The van der Waals surface area contributed by atoms with Crippen molar-refractivity contribution in [3.8, 4) is 11.1 Å². The van der Waals surface area contributed by atoms with Gasteiger partial charge in [0.2, 0.25) is 0 Å². The summed E-state index contributed by atoms with van der Waals surface area (Å²) in [5, 5.41) is 0. The van der Waals surface area contributed by atoms with Crippen LogP contribution in [0.15, 0.2) is 83.8 Å². The van der Waals surface area contributed by atoms with Crippen LogP contribution in [0, 0.1) is 5.82 Å². The van der Waals surface area contributed by atoms with Gasteiger partial charge in [-0.1, -0.05) is 42.5 Å². The summed E-state index contributed by atoms with van der Waals surface area (Å²) in [6, 6.07) is 21.5. The van der Waals surface area contributed by atoms with Gasteiger partial charge in [0.15, 0.2) is 0 Å². The Balaban J connectivity index is 1.84. The molecule has 3 nitrogen and oxygen atoms in total. The number of hydrogen-bond acceptors (Lipinski definition) is 2. The summed E-state index contributed by atoms with van der Waals surface area (Å²) >= 11 is 0. The number of nitrogens with one attached hydrogen (secondary N) is 1. The molecular formula is C18H14FNO2S. The Morgan fingerprint density at radius 2 is 1.26 bits per heavy atom. The first-order valence-electron chi connectivity index (χ1n) is 6.98. The van der Waals surface area contributed by atoms with E-state index in [2.05, 4.69) is 4.72 Å². The summed E-state index contributed by atoms with van der Waals surface area (Å²) in [4.78, 5) is 0.154. The SMILES string of the molecule is O=S(=O)(Nc1ccc(F)cc1)c1ccc(-c2ccccc2)cc1. The molecule has 0 saturated heterocycles. The van der Waals surface area contributed by atoms with Gasteiger partial charge < -0.3 is 0 Å². The van der Waals surface area contributed by atoms with Crippen molar-refractivity contribution < 1.29 is 12.8 Å². The highest BCUT2D eigenvalue weighted by Crippen LogP contribution is 2.22. The highest BCUT2D eigenvalue weighted by Gasteiger charge is 2.14. The number of benzene rings is 3.